The van der Waals surface area contributed by atoms with E-state index in [1.807, 2.05) is 12.1 Å². The second kappa shape index (κ2) is 5.92. The summed E-state index contributed by atoms with van der Waals surface area (Å²) in [5.74, 6) is -0.588. The maximum Gasteiger partial charge on any atom is 0.160 e. The van der Waals surface area contributed by atoms with E-state index in [2.05, 4.69) is 35.6 Å². The van der Waals surface area contributed by atoms with Crippen molar-refractivity contribution >= 4 is 39.7 Å². The van der Waals surface area contributed by atoms with Gasteiger partial charge in [-0.1, -0.05) is 59.6 Å². The Kier molecular flexibility index (Phi) is 4.00. The number of benzene rings is 3. The molecule has 0 spiro atoms. The quantitative estimate of drug-likeness (QED) is 0.593. The number of halogens is 3. The minimum absolute atomic E-state index is 0.0171. The third-order valence-corrected chi connectivity index (χ3v) is 3.84. The molecule has 0 fully saturated rings. The standard InChI is InChI=1S/C17H12Cl2FN/c18-15-8-14(9-16(19)17(15)20)21-10-11-5-6-12-3-1-2-4-13(12)7-11/h1-9,21H,10H2. The summed E-state index contributed by atoms with van der Waals surface area (Å²) in [5.41, 5.74) is 1.82. The van der Waals surface area contributed by atoms with Crippen LogP contribution in [0.3, 0.4) is 0 Å². The van der Waals surface area contributed by atoms with Crippen LogP contribution in [0.15, 0.2) is 54.6 Å². The van der Waals surface area contributed by atoms with Crippen molar-refractivity contribution in [1.82, 2.24) is 0 Å². The Morgan fingerprint density at radius 1 is 0.857 bits per heavy atom. The minimum Gasteiger partial charge on any atom is -0.381 e. The van der Waals surface area contributed by atoms with Gasteiger partial charge in [-0.15, -0.1) is 0 Å². The van der Waals surface area contributed by atoms with Gasteiger partial charge in [-0.3, -0.25) is 0 Å². The lowest BCUT2D eigenvalue weighted by Crippen LogP contribution is -2.00. The van der Waals surface area contributed by atoms with Crippen LogP contribution < -0.4 is 5.32 Å². The highest BCUT2D eigenvalue weighted by atomic mass is 35.5. The first-order valence-electron chi connectivity index (χ1n) is 6.49. The van der Waals surface area contributed by atoms with Gasteiger partial charge >= 0.3 is 0 Å². The third kappa shape index (κ3) is 3.12. The van der Waals surface area contributed by atoms with Crippen LogP contribution >= 0.6 is 23.2 Å². The molecule has 0 aliphatic heterocycles. The lowest BCUT2D eigenvalue weighted by molar-refractivity contribution is 0.629. The molecule has 0 bridgehead atoms. The summed E-state index contributed by atoms with van der Waals surface area (Å²) in [4.78, 5) is 0. The van der Waals surface area contributed by atoms with Crippen molar-refractivity contribution in [2.75, 3.05) is 5.32 Å². The number of fused-ring (bicyclic) bond motifs is 1. The molecular weight excluding hydrogens is 308 g/mol. The van der Waals surface area contributed by atoms with Crippen LogP contribution in [-0.2, 0) is 6.54 Å². The van der Waals surface area contributed by atoms with E-state index in [1.165, 1.54) is 22.9 Å². The molecular formula is C17H12Cl2FN. The lowest BCUT2D eigenvalue weighted by atomic mass is 10.1. The summed E-state index contributed by atoms with van der Waals surface area (Å²) in [6.07, 6.45) is 0. The van der Waals surface area contributed by atoms with E-state index in [4.69, 9.17) is 23.2 Å². The van der Waals surface area contributed by atoms with E-state index in [0.29, 0.717) is 12.2 Å². The van der Waals surface area contributed by atoms with Crippen molar-refractivity contribution in [1.29, 1.82) is 0 Å². The Morgan fingerprint density at radius 3 is 2.24 bits per heavy atom. The molecule has 3 rings (SSSR count). The van der Waals surface area contributed by atoms with E-state index in [-0.39, 0.29) is 10.0 Å². The van der Waals surface area contributed by atoms with Gasteiger partial charge in [0.25, 0.3) is 0 Å². The fraction of sp³-hybridized carbons (Fsp3) is 0.0588. The van der Waals surface area contributed by atoms with Gasteiger partial charge in [-0.2, -0.15) is 0 Å². The zero-order valence-electron chi connectivity index (χ0n) is 11.0. The van der Waals surface area contributed by atoms with Crippen molar-refractivity contribution in [3.63, 3.8) is 0 Å². The second-order valence-corrected chi connectivity index (χ2v) is 5.60. The van der Waals surface area contributed by atoms with Crippen molar-refractivity contribution in [2.45, 2.75) is 6.54 Å². The van der Waals surface area contributed by atoms with E-state index >= 15 is 0 Å². The molecule has 3 aromatic rings. The lowest BCUT2D eigenvalue weighted by Gasteiger charge is -2.09. The third-order valence-electron chi connectivity index (χ3n) is 3.29. The highest BCUT2D eigenvalue weighted by molar-refractivity contribution is 6.35. The molecule has 0 aliphatic carbocycles. The van der Waals surface area contributed by atoms with E-state index in [1.54, 1.807) is 0 Å². The summed E-state index contributed by atoms with van der Waals surface area (Å²) in [6.45, 7) is 0.614. The molecule has 0 atom stereocenters. The summed E-state index contributed by atoms with van der Waals surface area (Å²) in [5, 5.41) is 5.62. The highest BCUT2D eigenvalue weighted by Gasteiger charge is 2.07. The number of hydrogen-bond donors (Lipinski definition) is 1. The van der Waals surface area contributed by atoms with Gasteiger partial charge in [0.15, 0.2) is 5.82 Å². The molecule has 4 heteroatoms. The van der Waals surface area contributed by atoms with Gasteiger partial charge in [0.05, 0.1) is 10.0 Å². The van der Waals surface area contributed by atoms with Crippen molar-refractivity contribution < 1.29 is 4.39 Å². The van der Waals surface area contributed by atoms with Crippen LogP contribution in [0.25, 0.3) is 10.8 Å². The Morgan fingerprint density at radius 2 is 1.52 bits per heavy atom. The van der Waals surface area contributed by atoms with Crippen LogP contribution in [0.5, 0.6) is 0 Å². The molecule has 0 unspecified atom stereocenters. The highest BCUT2D eigenvalue weighted by Crippen LogP contribution is 2.27. The van der Waals surface area contributed by atoms with Crippen LogP contribution in [0.2, 0.25) is 10.0 Å². The molecule has 0 heterocycles. The fourth-order valence-corrected chi connectivity index (χ4v) is 2.70. The maximum atomic E-state index is 13.4. The Bertz CT molecular complexity index is 779. The molecule has 0 aliphatic rings. The van der Waals surface area contributed by atoms with Crippen LogP contribution in [-0.4, -0.2) is 0 Å². The van der Waals surface area contributed by atoms with Crippen LogP contribution in [0.4, 0.5) is 10.1 Å². The summed E-state index contributed by atoms with van der Waals surface area (Å²) in [6, 6.07) is 17.5. The van der Waals surface area contributed by atoms with Gasteiger partial charge in [0.2, 0.25) is 0 Å². The molecule has 1 nitrogen and oxygen atoms in total. The number of anilines is 1. The number of nitrogens with one attached hydrogen (secondary N) is 1. The van der Waals surface area contributed by atoms with Crippen molar-refractivity contribution in [3.8, 4) is 0 Å². The van der Waals surface area contributed by atoms with Crippen LogP contribution in [0, 0.1) is 5.82 Å². The van der Waals surface area contributed by atoms with Gasteiger partial charge in [0, 0.05) is 12.2 Å². The molecule has 0 amide bonds. The van der Waals surface area contributed by atoms with Crippen LogP contribution in [0.1, 0.15) is 5.56 Å². The predicted molar refractivity (Wildman–Crippen MR) is 87.7 cm³/mol. The topological polar surface area (TPSA) is 12.0 Å². The molecule has 1 N–H and O–H groups in total. The molecule has 3 aromatic carbocycles. The monoisotopic (exact) mass is 319 g/mol. The first kappa shape index (κ1) is 14.2. The maximum absolute atomic E-state index is 13.4. The minimum atomic E-state index is -0.588. The Labute approximate surface area is 132 Å². The van der Waals surface area contributed by atoms with E-state index in [9.17, 15) is 4.39 Å². The smallest absolute Gasteiger partial charge is 0.160 e. The fourth-order valence-electron chi connectivity index (χ4n) is 2.21. The Hall–Kier alpha value is -1.77. The molecule has 0 aromatic heterocycles. The number of hydrogen-bond acceptors (Lipinski definition) is 1. The second-order valence-electron chi connectivity index (χ2n) is 4.79. The average molecular weight is 320 g/mol. The van der Waals surface area contributed by atoms with Gasteiger partial charge in [-0.25, -0.2) is 4.39 Å². The van der Waals surface area contributed by atoms with Gasteiger partial charge in [0.1, 0.15) is 0 Å². The SMILES string of the molecule is Fc1c(Cl)cc(NCc2ccc3ccccc3c2)cc1Cl. The zero-order valence-corrected chi connectivity index (χ0v) is 12.5. The largest absolute Gasteiger partial charge is 0.381 e. The average Bonchev–Trinajstić information content (AvgIpc) is 2.50. The first-order chi connectivity index (χ1) is 10.1. The Balaban J connectivity index is 1.80. The normalized spacial score (nSPS) is 10.8. The molecule has 0 saturated heterocycles. The van der Waals surface area contributed by atoms with E-state index in [0.717, 1.165) is 5.56 Å². The zero-order chi connectivity index (χ0) is 14.8. The first-order valence-corrected chi connectivity index (χ1v) is 7.25. The molecule has 21 heavy (non-hydrogen) atoms. The molecule has 0 saturated carbocycles. The predicted octanol–water partition coefficient (Wildman–Crippen LogP) is 5.90. The summed E-state index contributed by atoms with van der Waals surface area (Å²) in [7, 11) is 0. The number of rotatable bonds is 3. The van der Waals surface area contributed by atoms with Crippen molar-refractivity contribution in [2.24, 2.45) is 0 Å². The van der Waals surface area contributed by atoms with Gasteiger partial charge < -0.3 is 5.32 Å². The molecule has 106 valence electrons. The van der Waals surface area contributed by atoms with Crippen molar-refractivity contribution in [3.05, 3.63) is 76.0 Å². The summed E-state index contributed by atoms with van der Waals surface area (Å²) >= 11 is 11.6. The molecule has 0 radical (unpaired) electrons. The van der Waals surface area contributed by atoms with E-state index < -0.39 is 5.82 Å². The summed E-state index contributed by atoms with van der Waals surface area (Å²) < 4.78 is 13.4. The van der Waals surface area contributed by atoms with Gasteiger partial charge in [-0.05, 0) is 34.5 Å².